The minimum atomic E-state index is -1.04. The third-order valence-electron chi connectivity index (χ3n) is 11.9. The number of fused-ring (bicyclic) bond motifs is 13. The standard InChI is InChI=1S/C48H24F4O6S4/c1-47(2)29-15-21(13-27-35(53)23-5-17-9-31(49)32(50)10-18(17)6-24(23)36(27)54)59-41(29)43-39(57-47)45-46(61-43)40-44(62-45)42-30(48(3,4)58-40)16-22(60-42)14-28-37(55)25-7-19-11-33(51)34(52)12-20(19)8-26(25)38(28)56/h5-16H,1-4H3. The van der Waals surface area contributed by atoms with E-state index in [1.165, 1.54) is 69.6 Å². The van der Waals surface area contributed by atoms with Crippen molar-refractivity contribution >= 4 is 112 Å². The van der Waals surface area contributed by atoms with E-state index in [4.69, 9.17) is 9.47 Å². The number of carbonyl (C=O) groups excluding carboxylic acids is 4. The third kappa shape index (κ3) is 5.11. The maximum atomic E-state index is 14.0. The Bertz CT molecular complexity index is 3250. The highest BCUT2D eigenvalue weighted by Gasteiger charge is 2.43. The van der Waals surface area contributed by atoms with E-state index in [-0.39, 0.29) is 33.4 Å². The van der Waals surface area contributed by atoms with Crippen molar-refractivity contribution in [3.05, 3.63) is 138 Å². The Labute approximate surface area is 364 Å². The van der Waals surface area contributed by atoms with Gasteiger partial charge in [0.05, 0.1) is 40.1 Å². The molecule has 0 radical (unpaired) electrons. The molecule has 0 unspecified atom stereocenters. The van der Waals surface area contributed by atoms with Gasteiger partial charge in [-0.15, -0.1) is 45.3 Å². The van der Waals surface area contributed by atoms with Crippen molar-refractivity contribution in [1.82, 2.24) is 0 Å². The molecular weight excluding hydrogens is 877 g/mol. The van der Waals surface area contributed by atoms with Gasteiger partial charge >= 0.3 is 0 Å². The van der Waals surface area contributed by atoms with Gasteiger partial charge in [-0.25, -0.2) is 17.6 Å². The summed E-state index contributed by atoms with van der Waals surface area (Å²) >= 11 is 5.94. The number of ketones is 4. The molecule has 0 spiro atoms. The van der Waals surface area contributed by atoms with Crippen LogP contribution in [0.2, 0.25) is 0 Å². The van der Waals surface area contributed by atoms with Gasteiger partial charge in [-0.1, -0.05) is 0 Å². The van der Waals surface area contributed by atoms with Crippen LogP contribution in [0, 0.1) is 23.3 Å². The molecule has 6 heterocycles. The first kappa shape index (κ1) is 37.7. The number of rotatable bonds is 2. The van der Waals surface area contributed by atoms with Crippen LogP contribution in [0.1, 0.15) is 90.0 Å². The summed E-state index contributed by atoms with van der Waals surface area (Å²) in [6.45, 7) is 7.84. The topological polar surface area (TPSA) is 86.7 Å². The Balaban J connectivity index is 0.912. The number of halogens is 4. The molecular formula is C48H24F4O6S4. The fourth-order valence-electron chi connectivity index (χ4n) is 8.87. The monoisotopic (exact) mass is 900 g/mol. The van der Waals surface area contributed by atoms with E-state index >= 15 is 0 Å². The van der Waals surface area contributed by atoms with Crippen LogP contribution in [0.3, 0.4) is 0 Å². The van der Waals surface area contributed by atoms with Crippen LogP contribution >= 0.6 is 45.3 Å². The van der Waals surface area contributed by atoms with Gasteiger partial charge in [0.25, 0.3) is 0 Å². The molecule has 4 aliphatic rings. The first-order valence-electron chi connectivity index (χ1n) is 19.2. The molecule has 0 saturated carbocycles. The molecule has 14 heteroatoms. The number of ether oxygens (including phenoxy) is 2. The summed E-state index contributed by atoms with van der Waals surface area (Å²) in [4.78, 5) is 59.5. The van der Waals surface area contributed by atoms with Gasteiger partial charge in [-0.3, -0.25) is 19.2 Å². The molecule has 0 saturated heterocycles. The maximum absolute atomic E-state index is 14.0. The summed E-state index contributed by atoms with van der Waals surface area (Å²) in [5, 5.41) is 1.28. The van der Waals surface area contributed by atoms with Gasteiger partial charge in [0, 0.05) is 43.1 Å². The summed E-state index contributed by atoms with van der Waals surface area (Å²) in [5.41, 5.74) is 0.714. The highest BCUT2D eigenvalue weighted by Crippen LogP contribution is 2.64. The molecule has 0 bridgehead atoms. The second-order valence-corrected chi connectivity index (χ2v) is 20.9. The number of hydrogen-bond donors (Lipinski definition) is 0. The molecule has 8 aromatic rings. The lowest BCUT2D eigenvalue weighted by atomic mass is 9.94. The van der Waals surface area contributed by atoms with Crippen molar-refractivity contribution < 1.29 is 46.2 Å². The largest absolute Gasteiger partial charge is 0.480 e. The number of thiophene rings is 4. The highest BCUT2D eigenvalue weighted by atomic mass is 32.1. The Hall–Kier alpha value is -6.06. The quantitative estimate of drug-likeness (QED) is 0.0976. The molecule has 2 aliphatic carbocycles. The molecule has 2 aliphatic heterocycles. The molecule has 12 rings (SSSR count). The van der Waals surface area contributed by atoms with E-state index in [9.17, 15) is 36.7 Å². The highest BCUT2D eigenvalue weighted by molar-refractivity contribution is 7.35. The van der Waals surface area contributed by atoms with E-state index < -0.39 is 57.6 Å². The molecule has 4 aromatic carbocycles. The lowest BCUT2D eigenvalue weighted by molar-refractivity contribution is 0.0975. The zero-order chi connectivity index (χ0) is 43.0. The summed E-state index contributed by atoms with van der Waals surface area (Å²) in [5.74, 6) is -4.69. The Morgan fingerprint density at radius 2 is 0.742 bits per heavy atom. The van der Waals surface area contributed by atoms with Crippen molar-refractivity contribution in [2.24, 2.45) is 0 Å². The van der Waals surface area contributed by atoms with Gasteiger partial charge in [0.1, 0.15) is 11.2 Å². The molecule has 304 valence electrons. The van der Waals surface area contributed by atoms with Gasteiger partial charge in [0.2, 0.25) is 0 Å². The number of allylic oxidation sites excluding steroid dienone is 2. The molecule has 0 amide bonds. The van der Waals surface area contributed by atoms with Crippen LogP contribution in [-0.4, -0.2) is 23.1 Å². The van der Waals surface area contributed by atoms with Crippen LogP contribution in [0.25, 0.3) is 62.6 Å². The van der Waals surface area contributed by atoms with Crippen LogP contribution in [0.4, 0.5) is 17.6 Å². The number of carbonyl (C=O) groups is 4. The van der Waals surface area contributed by atoms with Gasteiger partial charge in [0.15, 0.2) is 57.9 Å². The average Bonchev–Trinajstić information content (AvgIpc) is 4.06. The Kier molecular flexibility index (Phi) is 7.48. The van der Waals surface area contributed by atoms with Crippen LogP contribution in [0.15, 0.2) is 71.8 Å². The fourth-order valence-corrected chi connectivity index (χ4v) is 14.3. The first-order chi connectivity index (χ1) is 29.5. The van der Waals surface area contributed by atoms with Crippen LogP contribution in [-0.2, 0) is 11.2 Å². The molecule has 0 N–H and O–H groups in total. The molecule has 62 heavy (non-hydrogen) atoms. The lowest BCUT2D eigenvalue weighted by Crippen LogP contribution is -2.27. The van der Waals surface area contributed by atoms with Crippen LogP contribution in [0.5, 0.6) is 11.5 Å². The summed E-state index contributed by atoms with van der Waals surface area (Å²) in [6.07, 6.45) is 3.17. The van der Waals surface area contributed by atoms with E-state index in [2.05, 4.69) is 0 Å². The number of hydrogen-bond acceptors (Lipinski definition) is 10. The number of Topliss-reactive ketones (excluding diaryl/α,β-unsaturated/α-hetero) is 4. The van der Waals surface area contributed by atoms with E-state index in [0.29, 0.717) is 42.8 Å². The smallest absolute Gasteiger partial charge is 0.197 e. The van der Waals surface area contributed by atoms with Crippen LogP contribution < -0.4 is 9.47 Å². The minimum Gasteiger partial charge on any atom is -0.480 e. The summed E-state index contributed by atoms with van der Waals surface area (Å²) in [6, 6.07) is 13.7. The SMILES string of the molecule is CC1(C)Oc2c(sc3c4c(sc23)-c2sc(C=C3C(=O)c5cc6cc(F)c(F)cc6cc5C3=O)cc2C(C)(C)O4)-c2sc(C=C3C(=O)c4cc5cc(F)c(F)cc5cc4C3=O)cc21. The third-order valence-corrected chi connectivity index (χ3v) is 16.9. The van der Waals surface area contributed by atoms with E-state index in [0.717, 1.165) is 64.3 Å². The van der Waals surface area contributed by atoms with Gasteiger partial charge in [-0.05, 0) is 122 Å². The van der Waals surface area contributed by atoms with Crippen molar-refractivity contribution in [3.63, 3.8) is 0 Å². The molecule has 6 nitrogen and oxygen atoms in total. The predicted octanol–water partition coefficient (Wildman–Crippen LogP) is 13.5. The average molecular weight is 901 g/mol. The van der Waals surface area contributed by atoms with E-state index in [1.807, 2.05) is 39.8 Å². The van der Waals surface area contributed by atoms with Gasteiger partial charge < -0.3 is 9.47 Å². The maximum Gasteiger partial charge on any atom is 0.197 e. The van der Waals surface area contributed by atoms with Crippen molar-refractivity contribution in [2.75, 3.05) is 0 Å². The normalized spacial score (nSPS) is 16.6. The zero-order valence-corrected chi connectivity index (χ0v) is 35.8. The predicted molar refractivity (Wildman–Crippen MR) is 235 cm³/mol. The summed E-state index contributed by atoms with van der Waals surface area (Å²) in [7, 11) is 0. The zero-order valence-electron chi connectivity index (χ0n) is 32.5. The molecule has 4 aromatic heterocycles. The number of benzene rings is 4. The summed E-state index contributed by atoms with van der Waals surface area (Å²) < 4.78 is 71.4. The van der Waals surface area contributed by atoms with Crippen molar-refractivity contribution in [2.45, 2.75) is 38.9 Å². The van der Waals surface area contributed by atoms with Crippen molar-refractivity contribution in [3.8, 4) is 31.0 Å². The van der Waals surface area contributed by atoms with E-state index in [1.54, 1.807) is 12.2 Å². The first-order valence-corrected chi connectivity index (χ1v) is 22.5. The minimum absolute atomic E-state index is 0.0273. The van der Waals surface area contributed by atoms with Crippen molar-refractivity contribution in [1.29, 1.82) is 0 Å². The molecule has 0 atom stereocenters. The molecule has 0 fully saturated rings. The second-order valence-electron chi connectivity index (χ2n) is 16.6. The Morgan fingerprint density at radius 3 is 1.05 bits per heavy atom. The fraction of sp³-hybridized carbons (Fsp3) is 0.125. The lowest BCUT2D eigenvalue weighted by Gasteiger charge is -2.31. The van der Waals surface area contributed by atoms with Gasteiger partial charge in [-0.2, -0.15) is 0 Å². The second kappa shape index (κ2) is 12.3. The Morgan fingerprint density at radius 1 is 0.435 bits per heavy atom.